The van der Waals surface area contributed by atoms with Gasteiger partial charge in [-0.15, -0.1) is 5.10 Å². The van der Waals surface area contributed by atoms with Crippen molar-refractivity contribution < 1.29 is 4.43 Å². The molecule has 1 atom stereocenters. The Morgan fingerprint density at radius 3 is 2.58 bits per heavy atom. The summed E-state index contributed by atoms with van der Waals surface area (Å²) in [5, 5.41) is 5.41. The molecule has 3 rings (SSSR count). The van der Waals surface area contributed by atoms with Gasteiger partial charge in [0.15, 0.2) is 0 Å². The normalized spacial score (nSPS) is 13.5. The van der Waals surface area contributed by atoms with Crippen LogP contribution in [0.1, 0.15) is 32.4 Å². The lowest BCUT2D eigenvalue weighted by Gasteiger charge is -2.33. The lowest BCUT2D eigenvalue weighted by atomic mass is 9.84. The third-order valence-electron chi connectivity index (χ3n) is 4.19. The van der Waals surface area contributed by atoms with Gasteiger partial charge in [-0.1, -0.05) is 50.7 Å². The minimum atomic E-state index is -0.801. The summed E-state index contributed by atoms with van der Waals surface area (Å²) in [5.41, 5.74) is 4.48. The summed E-state index contributed by atoms with van der Waals surface area (Å²) in [6, 6.07) is 12.8. The first kappa shape index (κ1) is 19.1. The maximum atomic E-state index is 6.36. The van der Waals surface area contributed by atoms with E-state index in [1.807, 2.05) is 17.0 Å². The molecule has 0 spiro atoms. The number of rotatable bonds is 5. The largest absolute Gasteiger partial charge is 0.410 e. The van der Waals surface area contributed by atoms with Crippen molar-refractivity contribution in [1.82, 2.24) is 14.6 Å². The molecule has 1 radical (unpaired) electrons. The van der Waals surface area contributed by atoms with E-state index >= 15 is 0 Å². The quantitative estimate of drug-likeness (QED) is 0.432. The zero-order chi connectivity index (χ0) is 18.9. The van der Waals surface area contributed by atoms with Crippen LogP contribution in [0.15, 0.2) is 47.8 Å². The Bertz CT molecular complexity index is 901. The van der Waals surface area contributed by atoms with E-state index in [2.05, 4.69) is 80.3 Å². The summed E-state index contributed by atoms with van der Waals surface area (Å²) in [7, 11) is -0.801. The number of benzene rings is 1. The summed E-state index contributed by atoms with van der Waals surface area (Å²) < 4.78 is 8.34. The van der Waals surface area contributed by atoms with Crippen LogP contribution in [0.3, 0.4) is 0 Å². The second kappa shape index (κ2) is 7.54. The maximum Gasteiger partial charge on any atom is 0.207 e. The van der Waals surface area contributed by atoms with Gasteiger partial charge in [-0.3, -0.25) is 0 Å². The van der Waals surface area contributed by atoms with Crippen LogP contribution in [0.25, 0.3) is 16.8 Å². The third kappa shape index (κ3) is 4.03. The Kier molecular flexibility index (Phi) is 5.55. The molecule has 0 fully saturated rings. The van der Waals surface area contributed by atoms with Gasteiger partial charge < -0.3 is 4.43 Å². The first-order valence-electron chi connectivity index (χ1n) is 8.75. The molecule has 0 saturated carbocycles. The summed E-state index contributed by atoms with van der Waals surface area (Å²) in [4.78, 5) is 4.36. The maximum absolute atomic E-state index is 6.36. The molecule has 2 aromatic heterocycles. The molecule has 26 heavy (non-hydrogen) atoms. The van der Waals surface area contributed by atoms with Gasteiger partial charge in [-0.05, 0) is 48.5 Å². The molecule has 1 unspecified atom stereocenters. The fourth-order valence-corrected chi connectivity index (χ4v) is 4.32. The first-order chi connectivity index (χ1) is 12.3. The van der Waals surface area contributed by atoms with Crippen molar-refractivity contribution >= 4 is 26.3 Å². The van der Waals surface area contributed by atoms with E-state index in [-0.39, 0.29) is 11.5 Å². The molecule has 2 heterocycles. The molecule has 0 aliphatic rings. The minimum Gasteiger partial charge on any atom is -0.410 e. The second-order valence-corrected chi connectivity index (χ2v) is 10.5. The van der Waals surface area contributed by atoms with Crippen LogP contribution >= 0.6 is 11.8 Å². The molecule has 3 aromatic rings. The van der Waals surface area contributed by atoms with Crippen molar-refractivity contribution in [2.45, 2.75) is 45.1 Å². The molecule has 0 bridgehead atoms. The molecular formula is C20H26N3OSSi. The second-order valence-electron chi connectivity index (χ2n) is 7.70. The smallest absolute Gasteiger partial charge is 0.207 e. The average Bonchev–Trinajstić information content (AvgIpc) is 3.01. The molecule has 4 nitrogen and oxygen atoms in total. The number of nitrogens with zero attached hydrogens (tertiary/aromatic N) is 3. The zero-order valence-electron chi connectivity index (χ0n) is 16.3. The molecule has 6 heteroatoms. The SMILES string of the molecule is CSc1ncc2ccc(-c3cccc(C(O[Si](C)C)C(C)(C)C)c3)n2n1. The molecule has 0 aliphatic carbocycles. The van der Waals surface area contributed by atoms with E-state index in [1.165, 1.54) is 5.56 Å². The average molecular weight is 385 g/mol. The van der Waals surface area contributed by atoms with E-state index < -0.39 is 9.04 Å². The zero-order valence-corrected chi connectivity index (χ0v) is 18.1. The van der Waals surface area contributed by atoms with Crippen molar-refractivity contribution in [3.8, 4) is 11.3 Å². The number of thioether (sulfide) groups is 1. The molecule has 0 aliphatic heterocycles. The van der Waals surface area contributed by atoms with Gasteiger partial charge in [0, 0.05) is 5.56 Å². The van der Waals surface area contributed by atoms with E-state index in [0.29, 0.717) is 0 Å². The van der Waals surface area contributed by atoms with Crippen molar-refractivity contribution in [1.29, 1.82) is 0 Å². The summed E-state index contributed by atoms with van der Waals surface area (Å²) in [6.45, 7) is 11.1. The lowest BCUT2D eigenvalue weighted by Crippen LogP contribution is -2.25. The number of fused-ring (bicyclic) bond motifs is 1. The molecule has 137 valence electrons. The van der Waals surface area contributed by atoms with Gasteiger partial charge in [0.2, 0.25) is 14.2 Å². The van der Waals surface area contributed by atoms with Crippen molar-refractivity contribution in [2.75, 3.05) is 6.26 Å². The minimum absolute atomic E-state index is 0.0377. The Balaban J connectivity index is 2.07. The standard InChI is InChI=1S/C20H26N3OSSi/c1-20(2,3)18(24-26(5)6)15-9-7-8-14(12-15)17-11-10-16-13-21-19(25-4)22-23(16)17/h7-13,18H,1-6H3. The van der Waals surface area contributed by atoms with Crippen molar-refractivity contribution in [3.63, 3.8) is 0 Å². The van der Waals surface area contributed by atoms with Crippen LogP contribution in [-0.4, -0.2) is 29.9 Å². The fraction of sp³-hybridized carbons (Fsp3) is 0.400. The third-order valence-corrected chi connectivity index (χ3v) is 5.44. The highest BCUT2D eigenvalue weighted by Gasteiger charge is 2.28. The number of hydrogen-bond acceptors (Lipinski definition) is 4. The van der Waals surface area contributed by atoms with E-state index in [4.69, 9.17) is 4.43 Å². The summed E-state index contributed by atoms with van der Waals surface area (Å²) >= 11 is 1.55. The Labute approximate surface area is 161 Å². The highest BCUT2D eigenvalue weighted by atomic mass is 32.2. The Morgan fingerprint density at radius 1 is 1.15 bits per heavy atom. The fourth-order valence-electron chi connectivity index (χ4n) is 3.04. The van der Waals surface area contributed by atoms with E-state index in [0.717, 1.165) is 21.9 Å². The molecular weight excluding hydrogens is 358 g/mol. The molecule has 1 aromatic carbocycles. The van der Waals surface area contributed by atoms with Crippen LogP contribution in [0.5, 0.6) is 0 Å². The monoisotopic (exact) mass is 384 g/mol. The van der Waals surface area contributed by atoms with Crippen LogP contribution < -0.4 is 0 Å². The predicted octanol–water partition coefficient (Wildman–Crippen LogP) is 5.47. The predicted molar refractivity (Wildman–Crippen MR) is 111 cm³/mol. The summed E-state index contributed by atoms with van der Waals surface area (Å²) in [6.07, 6.45) is 3.94. The van der Waals surface area contributed by atoms with Crippen LogP contribution in [0, 0.1) is 5.41 Å². The molecule has 0 saturated heterocycles. The van der Waals surface area contributed by atoms with Crippen LogP contribution in [-0.2, 0) is 4.43 Å². The number of aromatic nitrogens is 3. The van der Waals surface area contributed by atoms with Crippen LogP contribution in [0.2, 0.25) is 13.1 Å². The van der Waals surface area contributed by atoms with Gasteiger partial charge in [0.1, 0.15) is 0 Å². The van der Waals surface area contributed by atoms with Gasteiger partial charge in [-0.2, -0.15) is 0 Å². The number of hydrogen-bond donors (Lipinski definition) is 0. The van der Waals surface area contributed by atoms with E-state index in [1.54, 1.807) is 11.8 Å². The lowest BCUT2D eigenvalue weighted by molar-refractivity contribution is 0.0866. The summed E-state index contributed by atoms with van der Waals surface area (Å²) in [5.74, 6) is 0. The first-order valence-corrected chi connectivity index (χ1v) is 12.4. The topological polar surface area (TPSA) is 39.4 Å². The Hall–Kier alpha value is -1.63. The van der Waals surface area contributed by atoms with Crippen LogP contribution in [0.4, 0.5) is 0 Å². The van der Waals surface area contributed by atoms with Crippen molar-refractivity contribution in [2.24, 2.45) is 5.41 Å². The Morgan fingerprint density at radius 2 is 1.92 bits per heavy atom. The van der Waals surface area contributed by atoms with Crippen molar-refractivity contribution in [3.05, 3.63) is 48.2 Å². The van der Waals surface area contributed by atoms with Gasteiger partial charge >= 0.3 is 0 Å². The van der Waals surface area contributed by atoms with E-state index in [9.17, 15) is 0 Å². The highest BCUT2D eigenvalue weighted by Crippen LogP contribution is 2.38. The highest BCUT2D eigenvalue weighted by molar-refractivity contribution is 7.98. The van der Waals surface area contributed by atoms with Gasteiger partial charge in [0.25, 0.3) is 0 Å². The van der Waals surface area contributed by atoms with Gasteiger partial charge in [0.05, 0.1) is 23.5 Å². The molecule has 0 N–H and O–H groups in total. The molecule has 0 amide bonds. The van der Waals surface area contributed by atoms with Gasteiger partial charge in [-0.25, -0.2) is 9.50 Å².